The number of carbonyl (C=O) groups excluding carboxylic acids is 2. The molecule has 1 heterocycles. The number of aromatic hydroxyl groups is 1. The zero-order valence-corrected chi connectivity index (χ0v) is 18.4. The molecule has 0 atom stereocenters. The van der Waals surface area contributed by atoms with Gasteiger partial charge in [-0.15, -0.1) is 0 Å². The summed E-state index contributed by atoms with van der Waals surface area (Å²) in [6, 6.07) is 10.7. The van der Waals surface area contributed by atoms with Crippen LogP contribution in [0, 0.1) is 6.92 Å². The normalized spacial score (nSPS) is 15.4. The van der Waals surface area contributed by atoms with Crippen LogP contribution in [0.4, 0.5) is 0 Å². The average Bonchev–Trinajstić information content (AvgIpc) is 2.74. The van der Waals surface area contributed by atoms with Crippen molar-refractivity contribution in [3.8, 4) is 5.75 Å². The number of nitrogens with one attached hydrogen (secondary N) is 2. The highest BCUT2D eigenvalue weighted by Gasteiger charge is 2.29. The van der Waals surface area contributed by atoms with Gasteiger partial charge in [-0.2, -0.15) is 4.31 Å². The molecule has 0 aromatic heterocycles. The quantitative estimate of drug-likeness (QED) is 0.568. The van der Waals surface area contributed by atoms with Crippen LogP contribution in [-0.4, -0.2) is 67.3 Å². The molecule has 0 unspecified atom stereocenters. The van der Waals surface area contributed by atoms with Gasteiger partial charge in [-0.05, 0) is 37.3 Å². The molecule has 0 spiro atoms. The fourth-order valence-electron chi connectivity index (χ4n) is 3.11. The van der Waals surface area contributed by atoms with Gasteiger partial charge in [0.1, 0.15) is 5.75 Å². The minimum Gasteiger partial charge on any atom is -0.507 e. The Balaban J connectivity index is 1.48. The van der Waals surface area contributed by atoms with Gasteiger partial charge in [0.15, 0.2) is 0 Å². The second-order valence-corrected chi connectivity index (χ2v) is 9.53. The first-order chi connectivity index (χ1) is 14.7. The number of carbonyl (C=O) groups is 2. The van der Waals surface area contributed by atoms with E-state index in [0.717, 1.165) is 5.56 Å². The van der Waals surface area contributed by atoms with Gasteiger partial charge < -0.3 is 5.11 Å². The van der Waals surface area contributed by atoms with Crippen molar-refractivity contribution < 1.29 is 23.1 Å². The molecule has 1 fully saturated rings. The van der Waals surface area contributed by atoms with Crippen LogP contribution in [0.2, 0.25) is 5.02 Å². The largest absolute Gasteiger partial charge is 0.507 e. The van der Waals surface area contributed by atoms with Crippen molar-refractivity contribution in [2.75, 3.05) is 32.7 Å². The monoisotopic (exact) mass is 466 g/mol. The van der Waals surface area contributed by atoms with E-state index < -0.39 is 21.8 Å². The van der Waals surface area contributed by atoms with Gasteiger partial charge in [0.2, 0.25) is 10.0 Å². The lowest BCUT2D eigenvalue weighted by atomic mass is 10.2. The molecule has 2 aromatic carbocycles. The number of nitrogens with zero attached hydrogens (tertiary/aromatic N) is 2. The summed E-state index contributed by atoms with van der Waals surface area (Å²) in [6.07, 6.45) is 0. The van der Waals surface area contributed by atoms with Crippen LogP contribution in [0.5, 0.6) is 5.75 Å². The summed E-state index contributed by atoms with van der Waals surface area (Å²) in [5.41, 5.74) is 5.42. The number of amides is 2. The van der Waals surface area contributed by atoms with E-state index in [0.29, 0.717) is 13.1 Å². The van der Waals surface area contributed by atoms with Crippen LogP contribution in [0.3, 0.4) is 0 Å². The van der Waals surface area contributed by atoms with Crippen molar-refractivity contribution >= 4 is 33.4 Å². The first-order valence-corrected chi connectivity index (χ1v) is 11.4. The van der Waals surface area contributed by atoms with E-state index in [2.05, 4.69) is 10.9 Å². The smallest absolute Gasteiger partial charge is 0.273 e. The molecule has 0 radical (unpaired) electrons. The molecule has 2 aromatic rings. The number of piperazine rings is 1. The Bertz CT molecular complexity index is 1070. The molecule has 0 saturated carbocycles. The first-order valence-electron chi connectivity index (χ1n) is 9.53. The molecule has 31 heavy (non-hydrogen) atoms. The van der Waals surface area contributed by atoms with Gasteiger partial charge in [-0.1, -0.05) is 29.3 Å². The Kier molecular flexibility index (Phi) is 7.16. The molecule has 166 valence electrons. The van der Waals surface area contributed by atoms with E-state index >= 15 is 0 Å². The number of sulfonamides is 1. The van der Waals surface area contributed by atoms with Gasteiger partial charge in [-0.3, -0.25) is 25.3 Å². The van der Waals surface area contributed by atoms with E-state index in [1.807, 2.05) is 6.92 Å². The summed E-state index contributed by atoms with van der Waals surface area (Å²) >= 11 is 5.81. The predicted molar refractivity (Wildman–Crippen MR) is 115 cm³/mol. The SMILES string of the molecule is Cc1ccc(S(=O)(=O)N2CCN(CC(=O)NNC(=O)c3cc(Cl)ccc3O)CC2)cc1. The van der Waals surface area contributed by atoms with Gasteiger partial charge >= 0.3 is 0 Å². The van der Waals surface area contributed by atoms with Crippen LogP contribution in [0.25, 0.3) is 0 Å². The maximum Gasteiger partial charge on any atom is 0.273 e. The highest BCUT2D eigenvalue weighted by atomic mass is 35.5. The second-order valence-electron chi connectivity index (χ2n) is 7.16. The third-order valence-electron chi connectivity index (χ3n) is 4.88. The lowest BCUT2D eigenvalue weighted by Crippen LogP contribution is -2.52. The van der Waals surface area contributed by atoms with Crippen LogP contribution in [0.1, 0.15) is 15.9 Å². The predicted octanol–water partition coefficient (Wildman–Crippen LogP) is 1.12. The zero-order chi connectivity index (χ0) is 22.6. The highest BCUT2D eigenvalue weighted by Crippen LogP contribution is 2.21. The van der Waals surface area contributed by atoms with Gasteiger partial charge in [0.25, 0.3) is 11.8 Å². The van der Waals surface area contributed by atoms with Crippen molar-refractivity contribution in [3.05, 3.63) is 58.6 Å². The second kappa shape index (κ2) is 9.65. The van der Waals surface area contributed by atoms with E-state index in [4.69, 9.17) is 11.6 Å². The number of phenolic OH excluding ortho intramolecular Hbond substituents is 1. The fourth-order valence-corrected chi connectivity index (χ4v) is 4.71. The number of hydrogen-bond acceptors (Lipinski definition) is 6. The van der Waals surface area contributed by atoms with Gasteiger partial charge in [0, 0.05) is 31.2 Å². The fraction of sp³-hybridized carbons (Fsp3) is 0.300. The van der Waals surface area contributed by atoms with Crippen molar-refractivity contribution in [3.63, 3.8) is 0 Å². The topological polar surface area (TPSA) is 119 Å². The van der Waals surface area contributed by atoms with E-state index in [1.165, 1.54) is 22.5 Å². The number of phenols is 1. The van der Waals surface area contributed by atoms with E-state index in [9.17, 15) is 23.1 Å². The number of benzene rings is 2. The summed E-state index contributed by atoms with van der Waals surface area (Å²) in [4.78, 5) is 26.3. The number of rotatable bonds is 5. The Morgan fingerprint density at radius 2 is 1.68 bits per heavy atom. The number of hydrazine groups is 1. The van der Waals surface area contributed by atoms with Crippen LogP contribution in [-0.2, 0) is 14.8 Å². The minimum absolute atomic E-state index is 0.0137. The van der Waals surface area contributed by atoms with Crippen molar-refractivity contribution in [2.45, 2.75) is 11.8 Å². The third-order valence-corrected chi connectivity index (χ3v) is 7.02. The summed E-state index contributed by atoms with van der Waals surface area (Å²) in [7, 11) is -3.58. The van der Waals surface area contributed by atoms with Crippen LogP contribution in [0.15, 0.2) is 47.4 Å². The molecule has 1 saturated heterocycles. The zero-order valence-electron chi connectivity index (χ0n) is 16.8. The number of hydrogen-bond donors (Lipinski definition) is 3. The molecular formula is C20H23ClN4O5S. The molecule has 9 nitrogen and oxygen atoms in total. The van der Waals surface area contributed by atoms with Crippen molar-refractivity contribution in [1.29, 1.82) is 0 Å². The number of halogens is 1. The number of aryl methyl sites for hydroxylation is 1. The summed E-state index contributed by atoms with van der Waals surface area (Å²) in [5.74, 6) is -1.44. The minimum atomic E-state index is -3.58. The molecule has 2 amide bonds. The molecule has 3 N–H and O–H groups in total. The third kappa shape index (κ3) is 5.73. The lowest BCUT2D eigenvalue weighted by Gasteiger charge is -2.33. The lowest BCUT2D eigenvalue weighted by molar-refractivity contribution is -0.123. The highest BCUT2D eigenvalue weighted by molar-refractivity contribution is 7.89. The van der Waals surface area contributed by atoms with Gasteiger partial charge in [0.05, 0.1) is 17.0 Å². The molecule has 0 aliphatic carbocycles. The van der Waals surface area contributed by atoms with Crippen LogP contribution < -0.4 is 10.9 Å². The van der Waals surface area contributed by atoms with E-state index in [-0.39, 0.29) is 40.9 Å². The van der Waals surface area contributed by atoms with Crippen LogP contribution >= 0.6 is 11.6 Å². The summed E-state index contributed by atoms with van der Waals surface area (Å²) in [5, 5.41) is 9.99. The molecule has 0 bridgehead atoms. The molecule has 1 aliphatic heterocycles. The van der Waals surface area contributed by atoms with Gasteiger partial charge in [-0.25, -0.2) is 8.42 Å². The summed E-state index contributed by atoms with van der Waals surface area (Å²) in [6.45, 7) is 3.14. The average molecular weight is 467 g/mol. The first kappa shape index (κ1) is 23.0. The maximum atomic E-state index is 12.7. The molecule has 11 heteroatoms. The molecule has 3 rings (SSSR count). The maximum absolute atomic E-state index is 12.7. The standard InChI is InChI=1S/C20H23ClN4O5S/c1-14-2-5-16(6-3-14)31(29,30)25-10-8-24(9-11-25)13-19(27)22-23-20(28)17-12-15(21)4-7-18(17)26/h2-7,12,26H,8-11,13H2,1H3,(H,22,27)(H,23,28). The Hall–Kier alpha value is -2.66. The summed E-state index contributed by atoms with van der Waals surface area (Å²) < 4.78 is 26.9. The Labute approximate surface area is 185 Å². The Morgan fingerprint density at radius 3 is 2.32 bits per heavy atom. The molecular weight excluding hydrogens is 444 g/mol. The molecule has 1 aliphatic rings. The van der Waals surface area contributed by atoms with E-state index in [1.54, 1.807) is 29.2 Å². The van der Waals surface area contributed by atoms with Crippen molar-refractivity contribution in [1.82, 2.24) is 20.1 Å². The Morgan fingerprint density at radius 1 is 1.03 bits per heavy atom. The van der Waals surface area contributed by atoms with Crippen molar-refractivity contribution in [2.24, 2.45) is 0 Å².